The fourth-order valence-electron chi connectivity index (χ4n) is 3.31. The Hall–Kier alpha value is -2.37. The van der Waals surface area contributed by atoms with E-state index in [0.717, 1.165) is 51.1 Å². The molecule has 4 nitrogen and oxygen atoms in total. The van der Waals surface area contributed by atoms with Crippen LogP contribution in [0.3, 0.4) is 0 Å². The molecule has 140 valence electrons. The fourth-order valence-corrected chi connectivity index (χ4v) is 4.49. The first-order valence-electron chi connectivity index (χ1n) is 9.21. The number of rotatable bonds is 4. The first-order valence-corrected chi connectivity index (χ1v) is 10.6. The van der Waals surface area contributed by atoms with Gasteiger partial charge in [-0.2, -0.15) is 0 Å². The van der Waals surface area contributed by atoms with Crippen molar-refractivity contribution in [1.29, 1.82) is 0 Å². The van der Waals surface area contributed by atoms with Crippen molar-refractivity contribution in [2.24, 2.45) is 0 Å². The number of para-hydroxylation sites is 1. The molecule has 6 heteroatoms. The van der Waals surface area contributed by atoms with Gasteiger partial charge in [-0.3, -0.25) is 0 Å². The average molecular weight is 409 g/mol. The highest BCUT2D eigenvalue weighted by Gasteiger charge is 2.27. The van der Waals surface area contributed by atoms with Crippen LogP contribution in [0.1, 0.15) is 35.7 Å². The molecule has 0 atom stereocenters. The van der Waals surface area contributed by atoms with E-state index in [1.54, 1.807) is 17.8 Å². The molecule has 1 aliphatic carbocycles. The highest BCUT2D eigenvalue weighted by molar-refractivity contribution is 7.98. The second-order valence-electron chi connectivity index (χ2n) is 7.16. The number of hydrogen-bond donors (Lipinski definition) is 0. The minimum absolute atomic E-state index is 0.351. The summed E-state index contributed by atoms with van der Waals surface area (Å²) in [4.78, 5) is 21.6. The predicted octanol–water partition coefficient (Wildman–Crippen LogP) is 5.87. The molecule has 0 spiro atoms. The van der Waals surface area contributed by atoms with Gasteiger partial charge in [0.15, 0.2) is 0 Å². The van der Waals surface area contributed by atoms with Crippen LogP contribution in [0, 0.1) is 6.92 Å². The molecule has 0 N–H and O–H groups in total. The van der Waals surface area contributed by atoms with Crippen molar-refractivity contribution in [3.63, 3.8) is 0 Å². The Morgan fingerprint density at radius 2 is 1.96 bits per heavy atom. The summed E-state index contributed by atoms with van der Waals surface area (Å²) in [5, 5.41) is 3.52. The van der Waals surface area contributed by atoms with Crippen LogP contribution in [-0.4, -0.2) is 9.97 Å². The minimum Gasteiger partial charge on any atom is -0.423 e. The average Bonchev–Trinajstić information content (AvgIpc) is 3.52. The largest absolute Gasteiger partial charge is 0.423 e. The summed E-state index contributed by atoms with van der Waals surface area (Å²) in [7, 11) is 0. The van der Waals surface area contributed by atoms with Gasteiger partial charge in [0.25, 0.3) is 0 Å². The van der Waals surface area contributed by atoms with Gasteiger partial charge in [-0.05, 0) is 49.1 Å². The number of benzene rings is 2. The second kappa shape index (κ2) is 6.90. The molecule has 0 unspecified atom stereocenters. The Balaban J connectivity index is 1.56. The van der Waals surface area contributed by atoms with Gasteiger partial charge in [-0.25, -0.2) is 14.8 Å². The lowest BCUT2D eigenvalue weighted by Gasteiger charge is -2.10. The molecular weight excluding hydrogens is 392 g/mol. The molecule has 1 aliphatic rings. The summed E-state index contributed by atoms with van der Waals surface area (Å²) in [5.41, 5.74) is 2.97. The monoisotopic (exact) mass is 408 g/mol. The molecule has 28 heavy (non-hydrogen) atoms. The standard InChI is InChI=1S/C22H17ClN2O2S/c1-12-8-19-16(10-17(12)23)14(9-20(26)27-19)11-28-22-15-4-2-3-5-18(15)24-21(25-22)13-6-7-13/h2-5,8-10,13H,6-7,11H2,1H3. The Bertz CT molecular complexity index is 1280. The van der Waals surface area contributed by atoms with Crippen LogP contribution >= 0.6 is 23.4 Å². The Morgan fingerprint density at radius 3 is 2.79 bits per heavy atom. The van der Waals surface area contributed by atoms with E-state index in [1.807, 2.05) is 43.3 Å². The number of nitrogens with zero attached hydrogens (tertiary/aromatic N) is 2. The number of hydrogen-bond acceptors (Lipinski definition) is 5. The molecule has 0 aliphatic heterocycles. The van der Waals surface area contributed by atoms with Gasteiger partial charge in [0, 0.05) is 33.5 Å². The van der Waals surface area contributed by atoms with Gasteiger partial charge in [0.05, 0.1) is 5.52 Å². The van der Waals surface area contributed by atoms with E-state index in [1.165, 1.54) is 0 Å². The van der Waals surface area contributed by atoms with Gasteiger partial charge < -0.3 is 4.42 Å². The third kappa shape index (κ3) is 3.29. The summed E-state index contributed by atoms with van der Waals surface area (Å²) in [6.45, 7) is 1.90. The minimum atomic E-state index is -0.351. The van der Waals surface area contributed by atoms with E-state index in [2.05, 4.69) is 0 Å². The molecule has 2 heterocycles. The van der Waals surface area contributed by atoms with Crippen molar-refractivity contribution in [2.45, 2.75) is 36.5 Å². The van der Waals surface area contributed by atoms with Gasteiger partial charge in [0.1, 0.15) is 16.4 Å². The molecule has 1 saturated carbocycles. The molecular formula is C22H17ClN2O2S. The Morgan fingerprint density at radius 1 is 1.14 bits per heavy atom. The highest BCUT2D eigenvalue weighted by atomic mass is 35.5. The molecule has 2 aromatic heterocycles. The quantitative estimate of drug-likeness (QED) is 0.240. The van der Waals surface area contributed by atoms with E-state index in [9.17, 15) is 4.79 Å². The van der Waals surface area contributed by atoms with Crippen LogP contribution in [0.5, 0.6) is 0 Å². The first kappa shape index (κ1) is 17.7. The highest BCUT2D eigenvalue weighted by Crippen LogP contribution is 2.40. The third-order valence-corrected chi connectivity index (χ3v) is 6.45. The summed E-state index contributed by atoms with van der Waals surface area (Å²) in [6, 6.07) is 13.3. The van der Waals surface area contributed by atoms with E-state index >= 15 is 0 Å². The third-order valence-electron chi connectivity index (χ3n) is 5.00. The zero-order valence-corrected chi connectivity index (χ0v) is 16.8. The maximum absolute atomic E-state index is 12.0. The second-order valence-corrected chi connectivity index (χ2v) is 8.53. The van der Waals surface area contributed by atoms with Crippen LogP contribution in [0.4, 0.5) is 0 Å². The molecule has 4 aromatic rings. The zero-order valence-electron chi connectivity index (χ0n) is 15.2. The first-order chi connectivity index (χ1) is 13.6. The molecule has 0 radical (unpaired) electrons. The normalized spacial score (nSPS) is 14.1. The van der Waals surface area contributed by atoms with Crippen molar-refractivity contribution in [3.8, 4) is 0 Å². The molecule has 0 saturated heterocycles. The summed E-state index contributed by atoms with van der Waals surface area (Å²) in [5.74, 6) is 2.01. The number of aryl methyl sites for hydroxylation is 1. The van der Waals surface area contributed by atoms with Crippen LogP contribution in [0.2, 0.25) is 5.02 Å². The fraction of sp³-hybridized carbons (Fsp3) is 0.227. The Labute approximate surface area is 171 Å². The summed E-state index contributed by atoms with van der Waals surface area (Å²) < 4.78 is 5.37. The molecule has 5 rings (SSSR count). The van der Waals surface area contributed by atoms with Crippen molar-refractivity contribution >= 4 is 45.2 Å². The lowest BCUT2D eigenvalue weighted by molar-refractivity contribution is 0.559. The number of fused-ring (bicyclic) bond motifs is 2. The van der Waals surface area contributed by atoms with Crippen LogP contribution in [0.25, 0.3) is 21.9 Å². The molecule has 2 aromatic carbocycles. The number of aromatic nitrogens is 2. The van der Waals surface area contributed by atoms with Gasteiger partial charge in [-0.1, -0.05) is 29.8 Å². The van der Waals surface area contributed by atoms with Crippen molar-refractivity contribution < 1.29 is 4.42 Å². The van der Waals surface area contributed by atoms with Crippen LogP contribution < -0.4 is 5.63 Å². The molecule has 0 amide bonds. The maximum atomic E-state index is 12.0. The SMILES string of the molecule is Cc1cc2oc(=O)cc(CSc3nc(C4CC4)nc4ccccc34)c2cc1Cl. The van der Waals surface area contributed by atoms with Crippen molar-refractivity contribution in [2.75, 3.05) is 0 Å². The summed E-state index contributed by atoms with van der Waals surface area (Å²) >= 11 is 7.93. The van der Waals surface area contributed by atoms with E-state index < -0.39 is 0 Å². The van der Waals surface area contributed by atoms with Crippen LogP contribution in [0.15, 0.2) is 56.7 Å². The molecule has 1 fully saturated rings. The smallest absolute Gasteiger partial charge is 0.336 e. The topological polar surface area (TPSA) is 56.0 Å². The van der Waals surface area contributed by atoms with E-state index in [-0.39, 0.29) is 5.63 Å². The molecule has 0 bridgehead atoms. The van der Waals surface area contributed by atoms with Gasteiger partial charge in [0.2, 0.25) is 0 Å². The summed E-state index contributed by atoms with van der Waals surface area (Å²) in [6.07, 6.45) is 2.31. The number of thioether (sulfide) groups is 1. The van der Waals surface area contributed by atoms with E-state index in [4.69, 9.17) is 26.0 Å². The maximum Gasteiger partial charge on any atom is 0.336 e. The van der Waals surface area contributed by atoms with Gasteiger partial charge in [-0.15, -0.1) is 11.8 Å². The lowest BCUT2D eigenvalue weighted by atomic mass is 10.1. The number of halogens is 1. The van der Waals surface area contributed by atoms with Crippen molar-refractivity contribution in [3.05, 3.63) is 74.9 Å². The zero-order chi connectivity index (χ0) is 19.3. The van der Waals surface area contributed by atoms with Gasteiger partial charge >= 0.3 is 5.63 Å². The van der Waals surface area contributed by atoms with Crippen LogP contribution in [-0.2, 0) is 5.75 Å². The lowest BCUT2D eigenvalue weighted by Crippen LogP contribution is -2.01. The van der Waals surface area contributed by atoms with Crippen molar-refractivity contribution in [1.82, 2.24) is 9.97 Å². The Kier molecular flexibility index (Phi) is 4.37. The van der Waals surface area contributed by atoms with E-state index in [0.29, 0.717) is 22.3 Å². The predicted molar refractivity (Wildman–Crippen MR) is 113 cm³/mol.